The van der Waals surface area contributed by atoms with Gasteiger partial charge in [-0.3, -0.25) is 9.48 Å². The number of benzene rings is 1. The molecule has 0 saturated heterocycles. The number of rotatable bonds is 4. The highest BCUT2D eigenvalue weighted by atomic mass is 16.1. The van der Waals surface area contributed by atoms with Crippen molar-refractivity contribution in [1.82, 2.24) is 15.1 Å². The lowest BCUT2D eigenvalue weighted by atomic mass is 10.1. The van der Waals surface area contributed by atoms with Gasteiger partial charge in [0.15, 0.2) is 5.82 Å². The fourth-order valence-corrected chi connectivity index (χ4v) is 1.74. The predicted molar refractivity (Wildman–Crippen MR) is 70.1 cm³/mol. The van der Waals surface area contributed by atoms with Crippen molar-refractivity contribution in [3.05, 3.63) is 47.7 Å². The predicted octanol–water partition coefficient (Wildman–Crippen LogP) is 0.975. The van der Waals surface area contributed by atoms with E-state index in [4.69, 9.17) is 5.73 Å². The second-order valence-electron chi connectivity index (χ2n) is 4.09. The summed E-state index contributed by atoms with van der Waals surface area (Å²) in [6, 6.07) is 10.0. The van der Waals surface area contributed by atoms with E-state index >= 15 is 0 Å². The molecule has 1 amide bonds. The van der Waals surface area contributed by atoms with Gasteiger partial charge in [0.05, 0.1) is 0 Å². The van der Waals surface area contributed by atoms with Crippen LogP contribution in [0, 0.1) is 0 Å². The first-order valence-corrected chi connectivity index (χ1v) is 5.78. The molecule has 94 valence electrons. The van der Waals surface area contributed by atoms with Crippen LogP contribution in [-0.2, 0) is 13.5 Å². The SMILES string of the molecule is Cn1cc(C(=O)NCCc2ccccc2)c(N)n1. The Morgan fingerprint density at radius 2 is 2.11 bits per heavy atom. The number of nitrogens with zero attached hydrogens (tertiary/aromatic N) is 2. The van der Waals surface area contributed by atoms with Gasteiger partial charge in [-0.25, -0.2) is 0 Å². The molecule has 1 aromatic carbocycles. The van der Waals surface area contributed by atoms with Gasteiger partial charge in [0, 0.05) is 19.8 Å². The quantitative estimate of drug-likeness (QED) is 0.842. The van der Waals surface area contributed by atoms with Crippen molar-refractivity contribution < 1.29 is 4.79 Å². The van der Waals surface area contributed by atoms with Gasteiger partial charge in [0.1, 0.15) is 5.56 Å². The number of aromatic nitrogens is 2. The number of carbonyl (C=O) groups excluding carboxylic acids is 1. The third kappa shape index (κ3) is 2.88. The molecular weight excluding hydrogens is 228 g/mol. The maximum atomic E-state index is 11.8. The maximum absolute atomic E-state index is 11.8. The first-order chi connectivity index (χ1) is 8.66. The Hall–Kier alpha value is -2.30. The number of hydrogen-bond acceptors (Lipinski definition) is 3. The second-order valence-corrected chi connectivity index (χ2v) is 4.09. The van der Waals surface area contributed by atoms with Gasteiger partial charge in [-0.05, 0) is 12.0 Å². The molecule has 0 aliphatic carbocycles. The van der Waals surface area contributed by atoms with E-state index in [9.17, 15) is 4.79 Å². The van der Waals surface area contributed by atoms with Gasteiger partial charge in [-0.15, -0.1) is 0 Å². The van der Waals surface area contributed by atoms with Crippen LogP contribution in [0.25, 0.3) is 0 Å². The molecule has 0 unspecified atom stereocenters. The Bertz CT molecular complexity index is 533. The summed E-state index contributed by atoms with van der Waals surface area (Å²) in [5.41, 5.74) is 7.25. The van der Waals surface area contributed by atoms with Gasteiger partial charge in [0.2, 0.25) is 0 Å². The van der Waals surface area contributed by atoms with Crippen LogP contribution in [0.5, 0.6) is 0 Å². The van der Waals surface area contributed by atoms with Crippen LogP contribution >= 0.6 is 0 Å². The summed E-state index contributed by atoms with van der Waals surface area (Å²) in [6.45, 7) is 0.581. The molecular formula is C13H16N4O. The summed E-state index contributed by atoms with van der Waals surface area (Å²) in [7, 11) is 1.73. The number of aryl methyl sites for hydroxylation is 1. The summed E-state index contributed by atoms with van der Waals surface area (Å²) < 4.78 is 1.53. The van der Waals surface area contributed by atoms with Crippen LogP contribution in [0.3, 0.4) is 0 Å². The van der Waals surface area contributed by atoms with Crippen LogP contribution in [0.15, 0.2) is 36.5 Å². The Labute approximate surface area is 106 Å². The largest absolute Gasteiger partial charge is 0.382 e. The maximum Gasteiger partial charge on any atom is 0.256 e. The van der Waals surface area contributed by atoms with Crippen molar-refractivity contribution in [2.75, 3.05) is 12.3 Å². The highest BCUT2D eigenvalue weighted by Crippen LogP contribution is 2.07. The first-order valence-electron chi connectivity index (χ1n) is 5.78. The van der Waals surface area contributed by atoms with Gasteiger partial charge in [-0.2, -0.15) is 5.10 Å². The van der Waals surface area contributed by atoms with Crippen molar-refractivity contribution in [1.29, 1.82) is 0 Å². The third-order valence-electron chi connectivity index (χ3n) is 2.64. The average molecular weight is 244 g/mol. The highest BCUT2D eigenvalue weighted by Gasteiger charge is 2.12. The van der Waals surface area contributed by atoms with Crippen molar-refractivity contribution in [3.8, 4) is 0 Å². The zero-order valence-electron chi connectivity index (χ0n) is 10.3. The lowest BCUT2D eigenvalue weighted by Gasteiger charge is -2.04. The molecule has 2 aromatic rings. The summed E-state index contributed by atoms with van der Waals surface area (Å²) in [4.78, 5) is 11.8. The lowest BCUT2D eigenvalue weighted by molar-refractivity contribution is 0.0955. The molecule has 2 rings (SSSR count). The third-order valence-corrected chi connectivity index (χ3v) is 2.64. The molecule has 18 heavy (non-hydrogen) atoms. The van der Waals surface area contributed by atoms with Crippen LogP contribution in [-0.4, -0.2) is 22.2 Å². The molecule has 0 fully saturated rings. The zero-order valence-corrected chi connectivity index (χ0v) is 10.3. The summed E-state index contributed by atoms with van der Waals surface area (Å²) in [6.07, 6.45) is 2.42. The van der Waals surface area contributed by atoms with Crippen molar-refractivity contribution >= 4 is 11.7 Å². The lowest BCUT2D eigenvalue weighted by Crippen LogP contribution is -2.26. The van der Waals surface area contributed by atoms with Gasteiger partial charge in [-0.1, -0.05) is 30.3 Å². The number of nitrogens with one attached hydrogen (secondary N) is 1. The van der Waals surface area contributed by atoms with Gasteiger partial charge >= 0.3 is 0 Å². The number of hydrogen-bond donors (Lipinski definition) is 2. The Morgan fingerprint density at radius 3 is 2.72 bits per heavy atom. The summed E-state index contributed by atoms with van der Waals surface area (Å²) >= 11 is 0. The Morgan fingerprint density at radius 1 is 1.39 bits per heavy atom. The number of amides is 1. The monoisotopic (exact) mass is 244 g/mol. The molecule has 0 aliphatic heterocycles. The highest BCUT2D eigenvalue weighted by molar-refractivity contribution is 5.98. The second kappa shape index (κ2) is 5.35. The molecule has 5 heteroatoms. The van der Waals surface area contributed by atoms with E-state index in [0.29, 0.717) is 12.1 Å². The van der Waals surface area contributed by atoms with Crippen molar-refractivity contribution in [2.45, 2.75) is 6.42 Å². The first kappa shape index (κ1) is 12.2. The van der Waals surface area contributed by atoms with Gasteiger partial charge < -0.3 is 11.1 Å². The van der Waals surface area contributed by atoms with E-state index in [0.717, 1.165) is 6.42 Å². The Kier molecular flexibility index (Phi) is 3.62. The minimum absolute atomic E-state index is 0.184. The molecule has 0 atom stereocenters. The standard InChI is InChI=1S/C13H16N4O/c1-17-9-11(12(14)16-17)13(18)15-8-7-10-5-3-2-4-6-10/h2-6,9H,7-8H2,1H3,(H2,14,16)(H,15,18). The van der Waals surface area contributed by atoms with E-state index in [1.54, 1.807) is 13.2 Å². The number of nitrogen functional groups attached to an aromatic ring is 1. The molecule has 1 aromatic heterocycles. The number of nitrogens with two attached hydrogens (primary N) is 1. The van der Waals surface area contributed by atoms with Crippen molar-refractivity contribution in [3.63, 3.8) is 0 Å². The fraction of sp³-hybridized carbons (Fsp3) is 0.231. The molecule has 0 spiro atoms. The zero-order chi connectivity index (χ0) is 13.0. The van der Waals surface area contributed by atoms with E-state index in [1.807, 2.05) is 30.3 Å². The minimum atomic E-state index is -0.184. The summed E-state index contributed by atoms with van der Waals surface area (Å²) in [5.74, 6) is 0.0752. The van der Waals surface area contributed by atoms with E-state index < -0.39 is 0 Å². The molecule has 3 N–H and O–H groups in total. The molecule has 0 bridgehead atoms. The number of anilines is 1. The molecule has 1 heterocycles. The normalized spacial score (nSPS) is 10.3. The van der Waals surface area contributed by atoms with Crippen LogP contribution in [0.2, 0.25) is 0 Å². The van der Waals surface area contributed by atoms with Crippen molar-refractivity contribution in [2.24, 2.45) is 7.05 Å². The fourth-order valence-electron chi connectivity index (χ4n) is 1.74. The van der Waals surface area contributed by atoms with Gasteiger partial charge in [0.25, 0.3) is 5.91 Å². The molecule has 0 saturated carbocycles. The molecule has 0 radical (unpaired) electrons. The molecule has 5 nitrogen and oxygen atoms in total. The summed E-state index contributed by atoms with van der Waals surface area (Å²) in [5, 5.41) is 6.76. The van der Waals surface area contributed by atoms with E-state index in [1.165, 1.54) is 10.2 Å². The average Bonchev–Trinajstić information content (AvgIpc) is 2.70. The van der Waals surface area contributed by atoms with E-state index in [-0.39, 0.29) is 11.7 Å². The van der Waals surface area contributed by atoms with Crippen LogP contribution < -0.4 is 11.1 Å². The smallest absolute Gasteiger partial charge is 0.256 e. The number of carbonyl (C=O) groups is 1. The van der Waals surface area contributed by atoms with E-state index in [2.05, 4.69) is 10.4 Å². The van der Waals surface area contributed by atoms with Crippen LogP contribution in [0.1, 0.15) is 15.9 Å². The van der Waals surface area contributed by atoms with Crippen LogP contribution in [0.4, 0.5) is 5.82 Å². The Balaban J connectivity index is 1.87. The molecule has 0 aliphatic rings. The topological polar surface area (TPSA) is 72.9 Å². The minimum Gasteiger partial charge on any atom is -0.382 e.